The Bertz CT molecular complexity index is 447. The van der Waals surface area contributed by atoms with Gasteiger partial charge >= 0.3 is 0 Å². The molecule has 1 aromatic carbocycles. The summed E-state index contributed by atoms with van der Waals surface area (Å²) in [5.41, 5.74) is 2.04. The number of piperidine rings is 1. The van der Waals surface area contributed by atoms with Gasteiger partial charge < -0.3 is 9.80 Å². The lowest BCUT2D eigenvalue weighted by Crippen LogP contribution is -2.43. The van der Waals surface area contributed by atoms with Crippen LogP contribution in [0.25, 0.3) is 0 Å². The first kappa shape index (κ1) is 16.2. The van der Waals surface area contributed by atoms with Crippen LogP contribution in [0.5, 0.6) is 0 Å². The van der Waals surface area contributed by atoms with Gasteiger partial charge in [0.15, 0.2) is 5.78 Å². The summed E-state index contributed by atoms with van der Waals surface area (Å²) in [5, 5.41) is 0. The fourth-order valence-electron chi connectivity index (χ4n) is 3.02. The average Bonchev–Trinajstić information content (AvgIpc) is 2.53. The Morgan fingerprint density at radius 3 is 2.43 bits per heavy atom. The van der Waals surface area contributed by atoms with Crippen LogP contribution in [0.3, 0.4) is 0 Å². The van der Waals surface area contributed by atoms with Crippen molar-refractivity contribution in [2.24, 2.45) is 0 Å². The van der Waals surface area contributed by atoms with Gasteiger partial charge in [0, 0.05) is 24.6 Å². The van der Waals surface area contributed by atoms with Gasteiger partial charge in [-0.3, -0.25) is 4.79 Å². The highest BCUT2D eigenvalue weighted by atomic mass is 16.1. The first-order valence-corrected chi connectivity index (χ1v) is 8.12. The van der Waals surface area contributed by atoms with Crippen LogP contribution < -0.4 is 0 Å². The van der Waals surface area contributed by atoms with E-state index in [-0.39, 0.29) is 5.78 Å². The third-order valence-electron chi connectivity index (χ3n) is 4.69. The number of ketones is 1. The normalized spacial score (nSPS) is 17.3. The highest BCUT2D eigenvalue weighted by Gasteiger charge is 2.21. The number of hydrogen-bond donors (Lipinski definition) is 0. The van der Waals surface area contributed by atoms with Crippen molar-refractivity contribution in [3.63, 3.8) is 0 Å². The van der Waals surface area contributed by atoms with E-state index in [2.05, 4.69) is 23.8 Å². The summed E-state index contributed by atoms with van der Waals surface area (Å²) in [6, 6.07) is 8.54. The zero-order valence-corrected chi connectivity index (χ0v) is 13.6. The fourth-order valence-corrected chi connectivity index (χ4v) is 3.02. The lowest BCUT2D eigenvalue weighted by molar-refractivity contribution is 0.0932. The molecule has 1 fully saturated rings. The van der Waals surface area contributed by atoms with Crippen molar-refractivity contribution >= 4 is 5.78 Å². The lowest BCUT2D eigenvalue weighted by Gasteiger charge is -2.36. The number of hydrogen-bond acceptors (Lipinski definition) is 3. The summed E-state index contributed by atoms with van der Waals surface area (Å²) >= 11 is 0. The van der Waals surface area contributed by atoms with E-state index in [1.807, 2.05) is 31.2 Å². The fraction of sp³-hybridized carbons (Fsp3) is 0.611. The van der Waals surface area contributed by atoms with E-state index in [1.165, 1.54) is 31.5 Å². The molecule has 0 N–H and O–H groups in total. The summed E-state index contributed by atoms with van der Waals surface area (Å²) in [6.45, 7) is 8.68. The van der Waals surface area contributed by atoms with Crippen molar-refractivity contribution in [2.75, 3.05) is 33.2 Å². The summed E-state index contributed by atoms with van der Waals surface area (Å²) in [7, 11) is 2.16. The molecule has 0 unspecified atom stereocenters. The molecule has 0 atom stereocenters. The zero-order chi connectivity index (χ0) is 15.2. The second kappa shape index (κ2) is 7.71. The van der Waals surface area contributed by atoms with Gasteiger partial charge in [0.25, 0.3) is 0 Å². The number of rotatable bonds is 6. The quantitative estimate of drug-likeness (QED) is 0.752. The minimum atomic E-state index is 0.257. The van der Waals surface area contributed by atoms with Crippen LogP contribution in [-0.4, -0.2) is 54.9 Å². The predicted molar refractivity (Wildman–Crippen MR) is 87.9 cm³/mol. The zero-order valence-electron chi connectivity index (χ0n) is 13.6. The third-order valence-corrected chi connectivity index (χ3v) is 4.69. The van der Waals surface area contributed by atoms with Crippen LogP contribution >= 0.6 is 0 Å². The summed E-state index contributed by atoms with van der Waals surface area (Å²) < 4.78 is 0. The molecule has 2 rings (SSSR count). The maximum absolute atomic E-state index is 12.2. The molecule has 0 radical (unpaired) electrons. The second-order valence-electron chi connectivity index (χ2n) is 6.19. The van der Waals surface area contributed by atoms with Crippen molar-refractivity contribution in [2.45, 2.75) is 39.2 Å². The predicted octanol–water partition coefficient (Wildman–Crippen LogP) is 2.98. The minimum Gasteiger partial charge on any atom is -0.303 e. The molecule has 21 heavy (non-hydrogen) atoms. The van der Waals surface area contributed by atoms with Gasteiger partial charge in [0.1, 0.15) is 0 Å². The first-order valence-electron chi connectivity index (χ1n) is 8.12. The van der Waals surface area contributed by atoms with E-state index in [4.69, 9.17) is 0 Å². The van der Waals surface area contributed by atoms with E-state index >= 15 is 0 Å². The molecule has 1 saturated heterocycles. The number of nitrogens with zero attached hydrogens (tertiary/aromatic N) is 2. The number of carbonyl (C=O) groups excluding carboxylic acids is 1. The number of likely N-dealkylation sites (tertiary alicyclic amines) is 1. The molecule has 0 aliphatic carbocycles. The Morgan fingerprint density at radius 1 is 1.24 bits per heavy atom. The standard InChI is InChI=1S/C18H28N2O/c1-4-20-13-9-17(10-14-20)19(3)12-11-18(21)16-7-5-15(2)6-8-16/h5-8,17H,4,9-14H2,1-3H3. The maximum Gasteiger partial charge on any atom is 0.164 e. The largest absolute Gasteiger partial charge is 0.303 e. The van der Waals surface area contributed by atoms with Crippen LogP contribution in [0.2, 0.25) is 0 Å². The van der Waals surface area contributed by atoms with Gasteiger partial charge in [-0.25, -0.2) is 0 Å². The van der Waals surface area contributed by atoms with Crippen molar-refractivity contribution < 1.29 is 4.79 Å². The molecule has 1 heterocycles. The molecule has 0 saturated carbocycles. The maximum atomic E-state index is 12.2. The number of aryl methyl sites for hydroxylation is 1. The Morgan fingerprint density at radius 2 is 1.86 bits per heavy atom. The Labute approximate surface area is 128 Å². The number of benzene rings is 1. The van der Waals surface area contributed by atoms with E-state index in [1.54, 1.807) is 0 Å². The molecule has 0 amide bonds. The summed E-state index contributed by atoms with van der Waals surface area (Å²) in [4.78, 5) is 17.1. The Kier molecular flexibility index (Phi) is 5.95. The van der Waals surface area contributed by atoms with E-state index < -0.39 is 0 Å². The average molecular weight is 288 g/mol. The van der Waals surface area contributed by atoms with Crippen LogP contribution in [0.4, 0.5) is 0 Å². The molecule has 116 valence electrons. The van der Waals surface area contributed by atoms with Gasteiger partial charge in [-0.15, -0.1) is 0 Å². The van der Waals surface area contributed by atoms with Crippen molar-refractivity contribution in [1.82, 2.24) is 9.80 Å². The molecule has 1 aromatic rings. The van der Waals surface area contributed by atoms with Gasteiger partial charge in [0.2, 0.25) is 0 Å². The molecule has 0 aromatic heterocycles. The van der Waals surface area contributed by atoms with Crippen molar-refractivity contribution in [3.05, 3.63) is 35.4 Å². The molecule has 0 bridgehead atoms. The first-order chi connectivity index (χ1) is 10.1. The second-order valence-corrected chi connectivity index (χ2v) is 6.19. The monoisotopic (exact) mass is 288 g/mol. The van der Waals surface area contributed by atoms with Crippen LogP contribution in [0, 0.1) is 6.92 Å². The molecule has 3 nitrogen and oxygen atoms in total. The van der Waals surface area contributed by atoms with Crippen molar-refractivity contribution in [3.8, 4) is 0 Å². The van der Waals surface area contributed by atoms with E-state index in [0.29, 0.717) is 12.5 Å². The SMILES string of the molecule is CCN1CCC(N(C)CCC(=O)c2ccc(C)cc2)CC1. The third kappa shape index (κ3) is 4.65. The van der Waals surface area contributed by atoms with E-state index in [0.717, 1.165) is 18.7 Å². The Balaban J connectivity index is 1.77. The van der Waals surface area contributed by atoms with Gasteiger partial charge in [-0.05, 0) is 46.4 Å². The van der Waals surface area contributed by atoms with E-state index in [9.17, 15) is 4.79 Å². The van der Waals surface area contributed by atoms with Crippen LogP contribution in [0.1, 0.15) is 42.1 Å². The highest BCUT2D eigenvalue weighted by molar-refractivity contribution is 5.96. The van der Waals surface area contributed by atoms with Gasteiger partial charge in [-0.2, -0.15) is 0 Å². The van der Waals surface area contributed by atoms with Crippen LogP contribution in [-0.2, 0) is 0 Å². The molecular weight excluding hydrogens is 260 g/mol. The van der Waals surface area contributed by atoms with Crippen LogP contribution in [0.15, 0.2) is 24.3 Å². The molecular formula is C18H28N2O. The molecule has 3 heteroatoms. The summed E-state index contributed by atoms with van der Waals surface area (Å²) in [6.07, 6.45) is 3.07. The molecule has 1 aliphatic heterocycles. The van der Waals surface area contributed by atoms with Crippen molar-refractivity contribution in [1.29, 1.82) is 0 Å². The van der Waals surface area contributed by atoms with Gasteiger partial charge in [-0.1, -0.05) is 36.8 Å². The highest BCUT2D eigenvalue weighted by Crippen LogP contribution is 2.16. The molecule has 1 aliphatic rings. The lowest BCUT2D eigenvalue weighted by atomic mass is 10.0. The molecule has 0 spiro atoms. The minimum absolute atomic E-state index is 0.257. The topological polar surface area (TPSA) is 23.6 Å². The smallest absolute Gasteiger partial charge is 0.164 e. The summed E-state index contributed by atoms with van der Waals surface area (Å²) in [5.74, 6) is 0.257. The number of Topliss-reactive ketones (excluding diaryl/α,β-unsaturated/α-hetero) is 1. The Hall–Kier alpha value is -1.19. The van der Waals surface area contributed by atoms with Gasteiger partial charge in [0.05, 0.1) is 0 Å². The number of carbonyl (C=O) groups is 1.